The van der Waals surface area contributed by atoms with E-state index in [4.69, 9.17) is 0 Å². The van der Waals surface area contributed by atoms with Gasteiger partial charge in [-0.15, -0.1) is 13.2 Å². The predicted octanol–water partition coefficient (Wildman–Crippen LogP) is 1.58. The van der Waals surface area contributed by atoms with E-state index < -0.39 is 0 Å². The first-order valence-electron chi connectivity index (χ1n) is 2.66. The summed E-state index contributed by atoms with van der Waals surface area (Å²) < 4.78 is 0. The first-order chi connectivity index (χ1) is 4.31. The van der Waals surface area contributed by atoms with Crippen LogP contribution in [0.25, 0.3) is 0 Å². The van der Waals surface area contributed by atoms with Crippen LogP contribution >= 0.6 is 0 Å². The highest BCUT2D eigenvalue weighted by Gasteiger charge is 1.73. The number of nitrogens with zero attached hydrogens (tertiary/aromatic N) is 2. The van der Waals surface area contributed by atoms with E-state index >= 15 is 0 Å². The van der Waals surface area contributed by atoms with Crippen LogP contribution in [-0.2, 0) is 0 Å². The first-order valence-corrected chi connectivity index (χ1v) is 2.66. The van der Waals surface area contributed by atoms with Crippen molar-refractivity contribution in [2.24, 2.45) is 9.98 Å². The third kappa shape index (κ3) is 11.0. The van der Waals surface area contributed by atoms with Gasteiger partial charge >= 0.3 is 0 Å². The summed E-state index contributed by atoms with van der Waals surface area (Å²) in [7, 11) is 3.48. The molecule has 52 valence electrons. The summed E-state index contributed by atoms with van der Waals surface area (Å²) in [5.74, 6) is 0. The molecule has 0 aliphatic rings. The largest absolute Gasteiger partial charge is 0.295 e. The van der Waals surface area contributed by atoms with Crippen LogP contribution in [0.4, 0.5) is 0 Å². The summed E-state index contributed by atoms with van der Waals surface area (Å²) in [6, 6.07) is 0. The Morgan fingerprint density at radius 3 is 1.89 bits per heavy atom. The lowest BCUT2D eigenvalue weighted by Gasteiger charge is -1.80. The molecule has 0 spiro atoms. The fourth-order valence-electron chi connectivity index (χ4n) is 0.245. The van der Waals surface area contributed by atoms with Crippen molar-refractivity contribution >= 4 is 11.9 Å². The average Bonchev–Trinajstić information content (AvgIpc) is 1.93. The minimum Gasteiger partial charge on any atom is -0.295 e. The molecule has 0 aromatic heterocycles. The first kappa shape index (κ1) is 11.0. The molecule has 0 saturated heterocycles. The van der Waals surface area contributed by atoms with Gasteiger partial charge in [0.25, 0.3) is 0 Å². The maximum atomic E-state index is 3.85. The molecule has 0 saturated carbocycles. The van der Waals surface area contributed by atoms with Gasteiger partial charge in [0.15, 0.2) is 0 Å². The lowest BCUT2D eigenvalue weighted by Crippen LogP contribution is -1.89. The highest BCUT2D eigenvalue weighted by atomic mass is 14.7. The van der Waals surface area contributed by atoms with Gasteiger partial charge in [-0.25, -0.2) is 0 Å². The van der Waals surface area contributed by atoms with Gasteiger partial charge in [-0.05, 0) is 6.92 Å². The maximum absolute atomic E-state index is 3.85. The van der Waals surface area contributed by atoms with E-state index in [1.165, 1.54) is 0 Å². The van der Waals surface area contributed by atoms with E-state index in [2.05, 4.69) is 23.1 Å². The zero-order chi connectivity index (χ0) is 7.70. The van der Waals surface area contributed by atoms with Crippen LogP contribution in [0.2, 0.25) is 0 Å². The molecule has 0 aliphatic carbocycles. The molecule has 0 aliphatic heterocycles. The Morgan fingerprint density at radius 1 is 1.33 bits per heavy atom. The van der Waals surface area contributed by atoms with Gasteiger partial charge in [-0.3, -0.25) is 9.98 Å². The molecule has 2 nitrogen and oxygen atoms in total. The van der Waals surface area contributed by atoms with Gasteiger partial charge in [-0.2, -0.15) is 0 Å². The molecule has 0 radical (unpaired) electrons. The number of hydrogen-bond acceptors (Lipinski definition) is 2. The van der Waals surface area contributed by atoms with Crippen LogP contribution in [-0.4, -0.2) is 26.0 Å². The van der Waals surface area contributed by atoms with Crippen molar-refractivity contribution in [3.8, 4) is 0 Å². The van der Waals surface area contributed by atoms with Crippen molar-refractivity contribution in [3.05, 3.63) is 13.2 Å². The lowest BCUT2D eigenvalue weighted by atomic mass is 10.5. The number of rotatable bonds is 1. The summed E-state index contributed by atoms with van der Waals surface area (Å²) in [6.07, 6.45) is 1.72. The van der Waals surface area contributed by atoms with Crippen LogP contribution in [0.5, 0.6) is 0 Å². The summed E-state index contributed by atoms with van der Waals surface area (Å²) in [4.78, 5) is 7.60. The smallest absolute Gasteiger partial charge is 0.0491 e. The van der Waals surface area contributed by atoms with E-state index in [0.717, 1.165) is 5.71 Å². The molecule has 0 N–H and O–H groups in total. The second kappa shape index (κ2) is 10.1. The predicted molar refractivity (Wildman–Crippen MR) is 44.7 cm³/mol. The fourth-order valence-corrected chi connectivity index (χ4v) is 0.245. The third-order valence-corrected chi connectivity index (χ3v) is 0.669. The molecule has 0 heterocycles. The van der Waals surface area contributed by atoms with E-state index in [1.807, 2.05) is 6.92 Å². The van der Waals surface area contributed by atoms with Crippen LogP contribution in [0.3, 0.4) is 0 Å². The number of hydrogen-bond donors (Lipinski definition) is 0. The summed E-state index contributed by atoms with van der Waals surface area (Å²) in [6.45, 7) is 7.91. The van der Waals surface area contributed by atoms with Crippen molar-refractivity contribution in [1.82, 2.24) is 0 Å². The normalized spacial score (nSPS) is 10.8. The van der Waals surface area contributed by atoms with Crippen molar-refractivity contribution in [1.29, 1.82) is 0 Å². The summed E-state index contributed by atoms with van der Waals surface area (Å²) in [5.41, 5.74) is 0.961. The quantitative estimate of drug-likeness (QED) is 0.376. The molecular formula is C7H14N2. The Kier molecular flexibility index (Phi) is 12.3. The van der Waals surface area contributed by atoms with Gasteiger partial charge in [0, 0.05) is 26.0 Å². The van der Waals surface area contributed by atoms with Gasteiger partial charge < -0.3 is 0 Å². The molecule has 9 heavy (non-hydrogen) atoms. The Morgan fingerprint density at radius 2 is 1.78 bits per heavy atom. The van der Waals surface area contributed by atoms with Crippen LogP contribution in [0.1, 0.15) is 6.92 Å². The second-order valence-electron chi connectivity index (χ2n) is 1.25. The Bertz CT molecular complexity index is 103. The highest BCUT2D eigenvalue weighted by molar-refractivity contribution is 6.29. The van der Waals surface area contributed by atoms with Crippen LogP contribution < -0.4 is 0 Å². The second-order valence-corrected chi connectivity index (χ2v) is 1.25. The van der Waals surface area contributed by atoms with Crippen LogP contribution in [0, 0.1) is 0 Å². The molecule has 2 heteroatoms. The fraction of sp³-hybridized carbons (Fsp3) is 0.429. The molecule has 0 unspecified atom stereocenters. The molecular weight excluding hydrogens is 112 g/mol. The van der Waals surface area contributed by atoms with E-state index in [1.54, 1.807) is 20.3 Å². The Balaban J connectivity index is 0. The van der Waals surface area contributed by atoms with E-state index in [-0.39, 0.29) is 0 Å². The zero-order valence-electron chi connectivity index (χ0n) is 6.39. The molecule has 0 fully saturated rings. The summed E-state index contributed by atoms with van der Waals surface area (Å²) >= 11 is 0. The Hall–Kier alpha value is -0.920. The molecule has 0 amide bonds. The summed E-state index contributed by atoms with van der Waals surface area (Å²) in [5, 5.41) is 0. The average molecular weight is 126 g/mol. The number of aliphatic imine (C=N–C) groups is 2. The van der Waals surface area contributed by atoms with E-state index in [9.17, 15) is 0 Å². The van der Waals surface area contributed by atoms with Crippen molar-refractivity contribution in [2.45, 2.75) is 6.92 Å². The molecule has 0 rings (SSSR count). The van der Waals surface area contributed by atoms with Crippen molar-refractivity contribution < 1.29 is 0 Å². The molecule has 0 atom stereocenters. The molecule has 0 aromatic carbocycles. The standard InChI is InChI=1S/C5H10N2.C2H4/c1-5(7-3)4-6-2;1-2/h4H,1-3H3;1-2H2. The maximum Gasteiger partial charge on any atom is 0.0491 e. The molecule has 0 bridgehead atoms. The Labute approximate surface area is 57.0 Å². The van der Waals surface area contributed by atoms with Gasteiger partial charge in [0.1, 0.15) is 0 Å². The van der Waals surface area contributed by atoms with Gasteiger partial charge in [0.2, 0.25) is 0 Å². The highest BCUT2D eigenvalue weighted by Crippen LogP contribution is 1.65. The van der Waals surface area contributed by atoms with Crippen LogP contribution in [0.15, 0.2) is 23.1 Å². The van der Waals surface area contributed by atoms with Crippen molar-refractivity contribution in [2.75, 3.05) is 14.1 Å². The topological polar surface area (TPSA) is 24.7 Å². The lowest BCUT2D eigenvalue weighted by molar-refractivity contribution is 1.43. The van der Waals surface area contributed by atoms with Crippen molar-refractivity contribution in [3.63, 3.8) is 0 Å². The molecule has 0 aromatic rings. The SMILES string of the molecule is C=C.CN=CC(C)=NC. The van der Waals surface area contributed by atoms with Gasteiger partial charge in [0.05, 0.1) is 0 Å². The van der Waals surface area contributed by atoms with Gasteiger partial charge in [-0.1, -0.05) is 0 Å². The van der Waals surface area contributed by atoms with E-state index in [0.29, 0.717) is 0 Å². The zero-order valence-corrected chi connectivity index (χ0v) is 6.39. The third-order valence-electron chi connectivity index (χ3n) is 0.669. The minimum absolute atomic E-state index is 0.961. The monoisotopic (exact) mass is 126 g/mol. The minimum atomic E-state index is 0.961.